The van der Waals surface area contributed by atoms with E-state index < -0.39 is 0 Å². The predicted molar refractivity (Wildman–Crippen MR) is 80.8 cm³/mol. The van der Waals surface area contributed by atoms with Gasteiger partial charge in [-0.2, -0.15) is 0 Å². The lowest BCUT2D eigenvalue weighted by Crippen LogP contribution is -2.11. The molecule has 0 radical (unpaired) electrons. The van der Waals surface area contributed by atoms with E-state index in [0.29, 0.717) is 16.3 Å². The second-order valence-electron chi connectivity index (χ2n) is 4.44. The fourth-order valence-electron chi connectivity index (χ4n) is 2.05. The van der Waals surface area contributed by atoms with Gasteiger partial charge in [0.25, 0.3) is 0 Å². The van der Waals surface area contributed by atoms with Gasteiger partial charge in [0.05, 0.1) is 7.11 Å². The molecule has 0 aliphatic rings. The van der Waals surface area contributed by atoms with Crippen LogP contribution in [0.3, 0.4) is 0 Å². The van der Waals surface area contributed by atoms with E-state index in [1.54, 1.807) is 13.2 Å². The topological polar surface area (TPSA) is 21.3 Å². The van der Waals surface area contributed by atoms with Crippen LogP contribution in [0, 0.1) is 5.82 Å². The monoisotopic (exact) mass is 293 g/mol. The second-order valence-corrected chi connectivity index (χ2v) is 4.85. The minimum atomic E-state index is -0.311. The molecule has 2 aromatic rings. The van der Waals surface area contributed by atoms with Gasteiger partial charge in [0.1, 0.15) is 11.6 Å². The van der Waals surface area contributed by atoms with Crippen LogP contribution in [0.5, 0.6) is 5.75 Å². The summed E-state index contributed by atoms with van der Waals surface area (Å²) in [4.78, 5) is 0. The van der Waals surface area contributed by atoms with E-state index in [9.17, 15) is 4.39 Å². The fraction of sp³-hybridized carbons (Fsp3) is 0.250. The maximum Gasteiger partial charge on any atom is 0.126 e. The highest BCUT2D eigenvalue weighted by molar-refractivity contribution is 6.33. The van der Waals surface area contributed by atoms with Crippen LogP contribution >= 0.6 is 11.6 Å². The Balaban J connectivity index is 2.40. The average molecular weight is 294 g/mol. The van der Waals surface area contributed by atoms with Crippen LogP contribution in [0.2, 0.25) is 5.02 Å². The van der Waals surface area contributed by atoms with Crippen molar-refractivity contribution in [3.05, 3.63) is 52.8 Å². The Labute approximate surface area is 123 Å². The molecule has 0 saturated carbocycles. The Bertz CT molecular complexity index is 601. The summed E-state index contributed by atoms with van der Waals surface area (Å²) in [6.45, 7) is 3.71. The summed E-state index contributed by atoms with van der Waals surface area (Å²) in [5.74, 6) is 0.293. The van der Waals surface area contributed by atoms with Crippen LogP contribution in [0.15, 0.2) is 36.4 Å². The normalized spacial score (nSPS) is 10.6. The van der Waals surface area contributed by atoms with E-state index in [2.05, 4.69) is 5.32 Å². The van der Waals surface area contributed by atoms with Crippen LogP contribution in [0.1, 0.15) is 12.5 Å². The molecule has 106 valence electrons. The number of benzene rings is 2. The van der Waals surface area contributed by atoms with Crippen LogP contribution < -0.4 is 10.1 Å². The van der Waals surface area contributed by atoms with Crippen molar-refractivity contribution >= 4 is 11.6 Å². The summed E-state index contributed by atoms with van der Waals surface area (Å²) >= 11 is 6.32. The smallest absolute Gasteiger partial charge is 0.126 e. The second kappa shape index (κ2) is 6.73. The van der Waals surface area contributed by atoms with Gasteiger partial charge >= 0.3 is 0 Å². The molecule has 0 saturated heterocycles. The first-order valence-corrected chi connectivity index (χ1v) is 6.86. The summed E-state index contributed by atoms with van der Waals surface area (Å²) < 4.78 is 18.7. The lowest BCUT2D eigenvalue weighted by atomic mass is 10.0. The van der Waals surface area contributed by atoms with Crippen LogP contribution in [0.4, 0.5) is 4.39 Å². The van der Waals surface area contributed by atoms with Crippen LogP contribution in [-0.2, 0) is 6.54 Å². The Kier molecular flexibility index (Phi) is 4.99. The van der Waals surface area contributed by atoms with Gasteiger partial charge in [0, 0.05) is 22.7 Å². The van der Waals surface area contributed by atoms with Gasteiger partial charge < -0.3 is 10.1 Å². The minimum Gasteiger partial charge on any atom is -0.496 e. The van der Waals surface area contributed by atoms with E-state index in [-0.39, 0.29) is 5.82 Å². The zero-order chi connectivity index (χ0) is 14.5. The summed E-state index contributed by atoms with van der Waals surface area (Å²) in [5, 5.41) is 3.83. The zero-order valence-corrected chi connectivity index (χ0v) is 12.3. The van der Waals surface area contributed by atoms with E-state index in [0.717, 1.165) is 24.2 Å². The van der Waals surface area contributed by atoms with Gasteiger partial charge in [-0.3, -0.25) is 0 Å². The van der Waals surface area contributed by atoms with Gasteiger partial charge in [-0.05, 0) is 36.4 Å². The molecule has 0 bridgehead atoms. The first-order chi connectivity index (χ1) is 9.65. The highest BCUT2D eigenvalue weighted by Gasteiger charge is 2.11. The largest absolute Gasteiger partial charge is 0.496 e. The van der Waals surface area contributed by atoms with E-state index >= 15 is 0 Å². The third-order valence-electron chi connectivity index (χ3n) is 3.06. The Morgan fingerprint density at radius 2 is 1.95 bits per heavy atom. The number of hydrogen-bond acceptors (Lipinski definition) is 2. The molecule has 0 amide bonds. The predicted octanol–water partition coefficient (Wildman–Crippen LogP) is 4.26. The molecule has 0 atom stereocenters. The lowest BCUT2D eigenvalue weighted by Gasteiger charge is -2.12. The molecule has 2 rings (SSSR count). The zero-order valence-electron chi connectivity index (χ0n) is 11.5. The lowest BCUT2D eigenvalue weighted by molar-refractivity contribution is 0.415. The molecule has 0 heterocycles. The Hall–Kier alpha value is -1.58. The van der Waals surface area contributed by atoms with E-state index in [1.807, 2.05) is 25.1 Å². The molecule has 0 unspecified atom stereocenters. The SMILES string of the molecule is CCNCc1ccc(-c2cc(F)ccc2OC)c(Cl)c1. The Morgan fingerprint density at radius 3 is 2.60 bits per heavy atom. The number of nitrogens with one attached hydrogen (secondary N) is 1. The van der Waals surface area contributed by atoms with Crippen molar-refractivity contribution in [2.45, 2.75) is 13.5 Å². The first kappa shape index (κ1) is 14.8. The average Bonchev–Trinajstić information content (AvgIpc) is 2.45. The number of rotatable bonds is 5. The fourth-order valence-corrected chi connectivity index (χ4v) is 2.35. The molecule has 0 aliphatic heterocycles. The minimum absolute atomic E-state index is 0.311. The van der Waals surface area contributed by atoms with Gasteiger partial charge in [-0.15, -0.1) is 0 Å². The van der Waals surface area contributed by atoms with Gasteiger partial charge in [0.15, 0.2) is 0 Å². The summed E-state index contributed by atoms with van der Waals surface area (Å²) in [5.41, 5.74) is 2.52. The molecule has 2 aromatic carbocycles. The molecular formula is C16H17ClFNO. The molecule has 0 aromatic heterocycles. The number of hydrogen-bond donors (Lipinski definition) is 1. The summed E-state index contributed by atoms with van der Waals surface area (Å²) in [6, 6.07) is 10.2. The van der Waals surface area contributed by atoms with Gasteiger partial charge in [0.2, 0.25) is 0 Å². The van der Waals surface area contributed by atoms with Crippen molar-refractivity contribution < 1.29 is 9.13 Å². The molecule has 1 N–H and O–H groups in total. The molecule has 4 heteroatoms. The molecule has 20 heavy (non-hydrogen) atoms. The van der Waals surface area contributed by atoms with Crippen LogP contribution in [0.25, 0.3) is 11.1 Å². The van der Waals surface area contributed by atoms with E-state index in [1.165, 1.54) is 12.1 Å². The summed E-state index contributed by atoms with van der Waals surface area (Å²) in [6.07, 6.45) is 0. The van der Waals surface area contributed by atoms with Crippen LogP contribution in [-0.4, -0.2) is 13.7 Å². The van der Waals surface area contributed by atoms with Crippen molar-refractivity contribution in [3.63, 3.8) is 0 Å². The molecule has 0 spiro atoms. The maximum absolute atomic E-state index is 13.4. The Morgan fingerprint density at radius 1 is 1.15 bits per heavy atom. The number of ether oxygens (including phenoxy) is 1. The molecule has 0 fully saturated rings. The van der Waals surface area contributed by atoms with Crippen molar-refractivity contribution in [1.82, 2.24) is 5.32 Å². The van der Waals surface area contributed by atoms with Gasteiger partial charge in [-0.25, -0.2) is 4.39 Å². The molecule has 0 aliphatic carbocycles. The highest BCUT2D eigenvalue weighted by Crippen LogP contribution is 2.35. The van der Waals surface area contributed by atoms with E-state index in [4.69, 9.17) is 16.3 Å². The third kappa shape index (κ3) is 3.30. The van der Waals surface area contributed by atoms with Crippen molar-refractivity contribution in [3.8, 4) is 16.9 Å². The van der Waals surface area contributed by atoms with Crippen molar-refractivity contribution in [2.75, 3.05) is 13.7 Å². The summed E-state index contributed by atoms with van der Waals surface area (Å²) in [7, 11) is 1.56. The molecular weight excluding hydrogens is 277 g/mol. The maximum atomic E-state index is 13.4. The quantitative estimate of drug-likeness (QED) is 0.889. The third-order valence-corrected chi connectivity index (χ3v) is 3.38. The first-order valence-electron chi connectivity index (χ1n) is 6.48. The van der Waals surface area contributed by atoms with Crippen molar-refractivity contribution in [2.24, 2.45) is 0 Å². The number of halogens is 2. The van der Waals surface area contributed by atoms with Crippen molar-refractivity contribution in [1.29, 1.82) is 0 Å². The standard InChI is InChI=1S/C16H17ClFNO/c1-3-19-10-11-4-6-13(15(17)8-11)14-9-12(18)5-7-16(14)20-2/h4-9,19H,3,10H2,1-2H3. The highest BCUT2D eigenvalue weighted by atomic mass is 35.5. The molecule has 2 nitrogen and oxygen atoms in total. The van der Waals surface area contributed by atoms with Gasteiger partial charge in [-0.1, -0.05) is 30.7 Å². The number of methoxy groups -OCH3 is 1.